The first kappa shape index (κ1) is 17.0. The molecular weight excluding hydrogens is 272 g/mol. The lowest BCUT2D eigenvalue weighted by Gasteiger charge is -2.13. The van der Waals surface area contributed by atoms with Gasteiger partial charge in [0.2, 0.25) is 0 Å². The summed E-state index contributed by atoms with van der Waals surface area (Å²) in [5.41, 5.74) is 0.502. The number of carbonyl (C=O) groups is 1. The number of carbonyl (C=O) groups excluding carboxylic acids is 1. The van der Waals surface area contributed by atoms with Gasteiger partial charge in [0, 0.05) is 12.7 Å². The Bertz CT molecular complexity index is 469. The average molecular weight is 294 g/mol. The maximum absolute atomic E-state index is 12.1. The number of hydrogen-bond acceptors (Lipinski definition) is 5. The Kier molecular flexibility index (Phi) is 7.25. The van der Waals surface area contributed by atoms with Crippen LogP contribution in [0.1, 0.15) is 24.2 Å². The predicted molar refractivity (Wildman–Crippen MR) is 80.9 cm³/mol. The van der Waals surface area contributed by atoms with E-state index in [-0.39, 0.29) is 18.0 Å². The normalized spacial score (nSPS) is 11.4. The van der Waals surface area contributed by atoms with Gasteiger partial charge in [-0.3, -0.25) is 10.1 Å². The second-order valence-corrected chi connectivity index (χ2v) is 4.53. The molecule has 0 aliphatic heterocycles. The van der Waals surface area contributed by atoms with Crippen LogP contribution in [-0.4, -0.2) is 45.4 Å². The van der Waals surface area contributed by atoms with Gasteiger partial charge in [0.25, 0.3) is 11.9 Å². The van der Waals surface area contributed by atoms with Gasteiger partial charge >= 0.3 is 0 Å². The topological polar surface area (TPSA) is 69.2 Å². The maximum atomic E-state index is 12.1. The van der Waals surface area contributed by atoms with Gasteiger partial charge in [0.15, 0.2) is 0 Å². The van der Waals surface area contributed by atoms with E-state index < -0.39 is 0 Å². The first-order valence-corrected chi connectivity index (χ1v) is 6.72. The van der Waals surface area contributed by atoms with Crippen molar-refractivity contribution in [2.45, 2.75) is 20.0 Å². The van der Waals surface area contributed by atoms with E-state index in [1.54, 1.807) is 38.5 Å². The summed E-state index contributed by atoms with van der Waals surface area (Å²) in [5, 5.41) is 2.65. The van der Waals surface area contributed by atoms with Gasteiger partial charge in [0.1, 0.15) is 5.75 Å². The van der Waals surface area contributed by atoms with Crippen LogP contribution in [0.25, 0.3) is 0 Å². The highest BCUT2D eigenvalue weighted by Gasteiger charge is 2.11. The minimum Gasteiger partial charge on any atom is -0.497 e. The van der Waals surface area contributed by atoms with Crippen molar-refractivity contribution in [3.63, 3.8) is 0 Å². The Morgan fingerprint density at radius 1 is 1.24 bits per heavy atom. The minimum absolute atomic E-state index is 0.0811. The predicted octanol–water partition coefficient (Wildman–Crippen LogP) is 1.85. The number of amides is 1. The summed E-state index contributed by atoms with van der Waals surface area (Å²) in [6, 6.07) is 7.00. The summed E-state index contributed by atoms with van der Waals surface area (Å²) in [6.45, 7) is 4.61. The molecule has 0 aromatic heterocycles. The van der Waals surface area contributed by atoms with Crippen LogP contribution < -0.4 is 10.1 Å². The zero-order valence-electron chi connectivity index (χ0n) is 12.9. The standard InChI is InChI=1S/C15H22N2O4/c1-11(2)21-15(16-9-10-19-3)17-14(18)12-5-7-13(20-4)8-6-12/h5-8,11H,9-10H2,1-4H3,(H,16,17,18). The summed E-state index contributed by atoms with van der Waals surface area (Å²) in [4.78, 5) is 16.3. The van der Waals surface area contributed by atoms with E-state index in [0.29, 0.717) is 24.5 Å². The Morgan fingerprint density at radius 3 is 2.43 bits per heavy atom. The molecule has 6 nitrogen and oxygen atoms in total. The van der Waals surface area contributed by atoms with Crippen molar-refractivity contribution in [1.29, 1.82) is 0 Å². The molecule has 116 valence electrons. The van der Waals surface area contributed by atoms with Crippen LogP contribution in [0.4, 0.5) is 0 Å². The molecule has 0 saturated carbocycles. The molecule has 1 amide bonds. The fourth-order valence-corrected chi connectivity index (χ4v) is 1.48. The van der Waals surface area contributed by atoms with Crippen molar-refractivity contribution in [2.75, 3.05) is 27.4 Å². The molecule has 1 rings (SSSR count). The van der Waals surface area contributed by atoms with Gasteiger partial charge in [-0.15, -0.1) is 0 Å². The lowest BCUT2D eigenvalue weighted by Crippen LogP contribution is -2.34. The molecular formula is C15H22N2O4. The Morgan fingerprint density at radius 2 is 1.90 bits per heavy atom. The van der Waals surface area contributed by atoms with Gasteiger partial charge in [-0.2, -0.15) is 0 Å². The van der Waals surface area contributed by atoms with Gasteiger partial charge in [-0.25, -0.2) is 4.99 Å². The first-order chi connectivity index (χ1) is 10.1. The highest BCUT2D eigenvalue weighted by molar-refractivity contribution is 6.04. The Balaban J connectivity index is 2.71. The Labute approximate surface area is 125 Å². The van der Waals surface area contributed by atoms with E-state index in [1.165, 1.54) is 0 Å². The zero-order valence-corrected chi connectivity index (χ0v) is 12.9. The quantitative estimate of drug-likeness (QED) is 0.494. The van der Waals surface area contributed by atoms with Gasteiger partial charge in [-0.05, 0) is 38.1 Å². The summed E-state index contributed by atoms with van der Waals surface area (Å²) in [5.74, 6) is 0.411. The number of amidine groups is 1. The summed E-state index contributed by atoms with van der Waals surface area (Å²) >= 11 is 0. The molecule has 0 aliphatic rings. The van der Waals surface area contributed by atoms with E-state index in [0.717, 1.165) is 0 Å². The second kappa shape index (κ2) is 8.97. The van der Waals surface area contributed by atoms with Crippen LogP contribution in [0.5, 0.6) is 5.75 Å². The van der Waals surface area contributed by atoms with Crippen LogP contribution in [-0.2, 0) is 9.47 Å². The monoisotopic (exact) mass is 294 g/mol. The number of nitrogens with one attached hydrogen (secondary N) is 1. The SMILES string of the molecule is COCCN=C(NC(=O)c1ccc(OC)cc1)OC(C)C. The van der Waals surface area contributed by atoms with Crippen LogP contribution in [0.2, 0.25) is 0 Å². The molecule has 0 saturated heterocycles. The van der Waals surface area contributed by atoms with Crippen molar-refractivity contribution < 1.29 is 19.0 Å². The number of nitrogens with zero attached hydrogens (tertiary/aromatic N) is 1. The van der Waals surface area contributed by atoms with Crippen molar-refractivity contribution >= 4 is 11.9 Å². The number of methoxy groups -OCH3 is 2. The molecule has 0 unspecified atom stereocenters. The van der Waals surface area contributed by atoms with Crippen molar-refractivity contribution in [1.82, 2.24) is 5.32 Å². The number of aliphatic imine (C=N–C) groups is 1. The summed E-state index contributed by atoms with van der Waals surface area (Å²) in [7, 11) is 3.17. The van der Waals surface area contributed by atoms with Crippen molar-refractivity contribution in [2.24, 2.45) is 4.99 Å². The third-order valence-corrected chi connectivity index (χ3v) is 2.47. The highest BCUT2D eigenvalue weighted by Crippen LogP contribution is 2.11. The van der Waals surface area contributed by atoms with Crippen molar-refractivity contribution in [3.8, 4) is 5.75 Å². The van der Waals surface area contributed by atoms with E-state index in [2.05, 4.69) is 10.3 Å². The van der Waals surface area contributed by atoms with Gasteiger partial charge in [0.05, 0.1) is 26.4 Å². The molecule has 0 atom stereocenters. The fourth-order valence-electron chi connectivity index (χ4n) is 1.48. The maximum Gasteiger partial charge on any atom is 0.292 e. The molecule has 1 N–H and O–H groups in total. The summed E-state index contributed by atoms with van der Waals surface area (Å²) in [6.07, 6.45) is -0.0811. The van der Waals surface area contributed by atoms with E-state index in [1.807, 2.05) is 13.8 Å². The highest BCUT2D eigenvalue weighted by atomic mass is 16.5. The molecule has 0 radical (unpaired) electrons. The first-order valence-electron chi connectivity index (χ1n) is 6.72. The number of hydrogen-bond donors (Lipinski definition) is 1. The van der Waals surface area contributed by atoms with Crippen molar-refractivity contribution in [3.05, 3.63) is 29.8 Å². The molecule has 6 heteroatoms. The minimum atomic E-state index is -0.283. The lowest BCUT2D eigenvalue weighted by molar-refractivity contribution is 0.0959. The third kappa shape index (κ3) is 6.27. The molecule has 0 spiro atoms. The molecule has 0 aliphatic carbocycles. The van der Waals surface area contributed by atoms with Crippen LogP contribution in [0, 0.1) is 0 Å². The molecule has 1 aromatic carbocycles. The smallest absolute Gasteiger partial charge is 0.292 e. The fraction of sp³-hybridized carbons (Fsp3) is 0.467. The largest absolute Gasteiger partial charge is 0.497 e. The number of rotatable bonds is 6. The molecule has 0 heterocycles. The summed E-state index contributed by atoms with van der Waals surface area (Å²) < 4.78 is 15.4. The van der Waals surface area contributed by atoms with E-state index >= 15 is 0 Å². The third-order valence-electron chi connectivity index (χ3n) is 2.47. The Hall–Kier alpha value is -2.08. The molecule has 1 aromatic rings. The van der Waals surface area contributed by atoms with Crippen LogP contribution >= 0.6 is 0 Å². The van der Waals surface area contributed by atoms with Gasteiger partial charge in [-0.1, -0.05) is 0 Å². The number of benzene rings is 1. The molecule has 21 heavy (non-hydrogen) atoms. The van der Waals surface area contributed by atoms with E-state index in [9.17, 15) is 4.79 Å². The van der Waals surface area contributed by atoms with Crippen LogP contribution in [0.3, 0.4) is 0 Å². The second-order valence-electron chi connectivity index (χ2n) is 4.53. The lowest BCUT2D eigenvalue weighted by atomic mass is 10.2. The zero-order chi connectivity index (χ0) is 15.7. The van der Waals surface area contributed by atoms with Gasteiger partial charge < -0.3 is 14.2 Å². The number of ether oxygens (including phenoxy) is 3. The average Bonchev–Trinajstić information content (AvgIpc) is 2.46. The van der Waals surface area contributed by atoms with Crippen LogP contribution in [0.15, 0.2) is 29.3 Å². The molecule has 0 fully saturated rings. The molecule has 0 bridgehead atoms. The van der Waals surface area contributed by atoms with E-state index in [4.69, 9.17) is 14.2 Å².